The van der Waals surface area contributed by atoms with Crippen LogP contribution in [0.15, 0.2) is 18.5 Å². The van der Waals surface area contributed by atoms with E-state index in [0.717, 1.165) is 18.7 Å². The van der Waals surface area contributed by atoms with Gasteiger partial charge in [-0.15, -0.1) is 0 Å². The molecule has 0 amide bonds. The van der Waals surface area contributed by atoms with Gasteiger partial charge in [-0.3, -0.25) is 4.98 Å². The average Bonchev–Trinajstić information content (AvgIpc) is 2.63. The van der Waals surface area contributed by atoms with Gasteiger partial charge < -0.3 is 11.1 Å². The van der Waals surface area contributed by atoms with Crippen molar-refractivity contribution in [2.45, 2.75) is 25.3 Å². The molecule has 0 aromatic carbocycles. The molecule has 2 unspecified atom stereocenters. The summed E-state index contributed by atoms with van der Waals surface area (Å²) in [5.74, 6) is 0.578. The third kappa shape index (κ3) is 2.61. The van der Waals surface area contributed by atoms with E-state index in [1.165, 1.54) is 12.8 Å². The molecule has 1 aromatic heterocycles. The van der Waals surface area contributed by atoms with Crippen LogP contribution in [0.2, 0.25) is 5.02 Å². The average molecular weight is 226 g/mol. The van der Waals surface area contributed by atoms with E-state index in [0.29, 0.717) is 17.0 Å². The standard InChI is InChI=1S/C11H16ClN3/c12-9-7-14-5-4-11(9)15-6-8-2-1-3-10(8)13/h4-5,7-8,10H,1-3,6,13H2,(H,14,15). The van der Waals surface area contributed by atoms with Crippen molar-refractivity contribution in [3.63, 3.8) is 0 Å². The number of halogens is 1. The van der Waals surface area contributed by atoms with Crippen molar-refractivity contribution in [1.29, 1.82) is 0 Å². The van der Waals surface area contributed by atoms with Gasteiger partial charge in [-0.2, -0.15) is 0 Å². The number of pyridine rings is 1. The van der Waals surface area contributed by atoms with Gasteiger partial charge in [0.05, 0.1) is 10.7 Å². The molecule has 2 atom stereocenters. The SMILES string of the molecule is NC1CCCC1CNc1ccncc1Cl. The monoisotopic (exact) mass is 225 g/mol. The zero-order valence-electron chi connectivity index (χ0n) is 8.62. The van der Waals surface area contributed by atoms with E-state index < -0.39 is 0 Å². The van der Waals surface area contributed by atoms with Gasteiger partial charge in [0.15, 0.2) is 0 Å². The molecule has 0 aliphatic heterocycles. The van der Waals surface area contributed by atoms with Crippen LogP contribution in [0.3, 0.4) is 0 Å². The van der Waals surface area contributed by atoms with E-state index in [-0.39, 0.29) is 0 Å². The summed E-state index contributed by atoms with van der Waals surface area (Å²) in [4.78, 5) is 3.94. The Kier molecular flexibility index (Phi) is 3.44. The Bertz CT molecular complexity index is 329. The van der Waals surface area contributed by atoms with Gasteiger partial charge in [0.2, 0.25) is 0 Å². The summed E-state index contributed by atoms with van der Waals surface area (Å²) in [6, 6.07) is 2.24. The van der Waals surface area contributed by atoms with Gasteiger partial charge in [0.1, 0.15) is 0 Å². The molecule has 0 bridgehead atoms. The molecule has 1 aromatic rings. The van der Waals surface area contributed by atoms with E-state index in [1.54, 1.807) is 12.4 Å². The maximum absolute atomic E-state index is 6.00. The second kappa shape index (κ2) is 4.81. The number of anilines is 1. The van der Waals surface area contributed by atoms with Gasteiger partial charge in [-0.05, 0) is 24.8 Å². The molecule has 82 valence electrons. The van der Waals surface area contributed by atoms with Crippen molar-refractivity contribution in [3.8, 4) is 0 Å². The summed E-state index contributed by atoms with van der Waals surface area (Å²) < 4.78 is 0. The summed E-state index contributed by atoms with van der Waals surface area (Å²) >= 11 is 5.99. The van der Waals surface area contributed by atoms with Gasteiger partial charge in [0.25, 0.3) is 0 Å². The van der Waals surface area contributed by atoms with Gasteiger partial charge >= 0.3 is 0 Å². The molecular formula is C11H16ClN3. The van der Waals surface area contributed by atoms with Crippen LogP contribution in [0.5, 0.6) is 0 Å². The zero-order valence-corrected chi connectivity index (χ0v) is 9.37. The van der Waals surface area contributed by atoms with Crippen molar-refractivity contribution in [2.75, 3.05) is 11.9 Å². The molecule has 1 aliphatic rings. The lowest BCUT2D eigenvalue weighted by Crippen LogP contribution is -2.29. The van der Waals surface area contributed by atoms with Gasteiger partial charge in [-0.25, -0.2) is 0 Å². The highest BCUT2D eigenvalue weighted by molar-refractivity contribution is 6.33. The van der Waals surface area contributed by atoms with E-state index >= 15 is 0 Å². The number of nitrogens with one attached hydrogen (secondary N) is 1. The van der Waals surface area contributed by atoms with Crippen LogP contribution >= 0.6 is 11.6 Å². The summed E-state index contributed by atoms with van der Waals surface area (Å²) in [5, 5.41) is 4.00. The predicted octanol–water partition coefficient (Wildman–Crippen LogP) is 2.27. The fourth-order valence-corrected chi connectivity index (χ4v) is 2.26. The molecular weight excluding hydrogens is 210 g/mol. The van der Waals surface area contributed by atoms with E-state index in [4.69, 9.17) is 17.3 Å². The molecule has 1 fully saturated rings. The van der Waals surface area contributed by atoms with Gasteiger partial charge in [0, 0.05) is 25.0 Å². The van der Waals surface area contributed by atoms with Gasteiger partial charge in [-0.1, -0.05) is 18.0 Å². The van der Waals surface area contributed by atoms with Crippen LogP contribution in [0.1, 0.15) is 19.3 Å². The number of rotatable bonds is 3. The number of hydrogen-bond acceptors (Lipinski definition) is 3. The van der Waals surface area contributed by atoms with Crippen LogP contribution in [0.25, 0.3) is 0 Å². The number of nitrogens with zero attached hydrogens (tertiary/aromatic N) is 1. The molecule has 1 saturated carbocycles. The summed E-state index contributed by atoms with van der Waals surface area (Å²) in [6.45, 7) is 0.908. The molecule has 1 aliphatic carbocycles. The van der Waals surface area contributed by atoms with E-state index in [2.05, 4.69) is 10.3 Å². The smallest absolute Gasteiger partial charge is 0.0820 e. The quantitative estimate of drug-likeness (QED) is 0.830. The first-order valence-electron chi connectivity index (χ1n) is 5.36. The van der Waals surface area contributed by atoms with E-state index in [9.17, 15) is 0 Å². The molecule has 15 heavy (non-hydrogen) atoms. The van der Waals surface area contributed by atoms with Crippen LogP contribution in [0, 0.1) is 5.92 Å². The Morgan fingerprint density at radius 3 is 3.07 bits per heavy atom. The van der Waals surface area contributed by atoms with Crippen molar-refractivity contribution in [2.24, 2.45) is 11.7 Å². The Morgan fingerprint density at radius 1 is 1.53 bits per heavy atom. The lowest BCUT2D eigenvalue weighted by Gasteiger charge is -2.17. The largest absolute Gasteiger partial charge is 0.383 e. The molecule has 4 heteroatoms. The Morgan fingerprint density at radius 2 is 2.40 bits per heavy atom. The van der Waals surface area contributed by atoms with E-state index in [1.807, 2.05) is 6.07 Å². The fraction of sp³-hybridized carbons (Fsp3) is 0.545. The molecule has 3 nitrogen and oxygen atoms in total. The fourth-order valence-electron chi connectivity index (χ4n) is 2.08. The summed E-state index contributed by atoms with van der Waals surface area (Å²) in [6.07, 6.45) is 7.01. The minimum absolute atomic E-state index is 0.345. The third-order valence-electron chi connectivity index (χ3n) is 3.05. The highest BCUT2D eigenvalue weighted by Crippen LogP contribution is 2.25. The minimum atomic E-state index is 0.345. The Hall–Kier alpha value is -0.800. The molecule has 2 rings (SSSR count). The normalized spacial score (nSPS) is 25.5. The van der Waals surface area contributed by atoms with Crippen LogP contribution in [-0.4, -0.2) is 17.6 Å². The zero-order chi connectivity index (χ0) is 10.7. The topological polar surface area (TPSA) is 50.9 Å². The molecule has 3 N–H and O–H groups in total. The Balaban J connectivity index is 1.90. The second-order valence-corrected chi connectivity index (χ2v) is 4.50. The van der Waals surface area contributed by atoms with Crippen molar-refractivity contribution < 1.29 is 0 Å². The first kappa shape index (κ1) is 10.7. The molecule has 1 heterocycles. The number of nitrogens with two attached hydrogens (primary N) is 1. The highest BCUT2D eigenvalue weighted by Gasteiger charge is 2.23. The summed E-state index contributed by atoms with van der Waals surface area (Å²) in [5.41, 5.74) is 6.95. The lowest BCUT2D eigenvalue weighted by molar-refractivity contribution is 0.505. The maximum atomic E-state index is 6.00. The third-order valence-corrected chi connectivity index (χ3v) is 3.35. The summed E-state index contributed by atoms with van der Waals surface area (Å²) in [7, 11) is 0. The van der Waals surface area contributed by atoms with Crippen molar-refractivity contribution in [1.82, 2.24) is 4.98 Å². The second-order valence-electron chi connectivity index (χ2n) is 4.09. The highest BCUT2D eigenvalue weighted by atomic mass is 35.5. The van der Waals surface area contributed by atoms with Crippen LogP contribution < -0.4 is 11.1 Å². The first-order chi connectivity index (χ1) is 7.27. The predicted molar refractivity (Wildman–Crippen MR) is 63.1 cm³/mol. The number of hydrogen-bond donors (Lipinski definition) is 2. The van der Waals surface area contributed by atoms with Crippen molar-refractivity contribution in [3.05, 3.63) is 23.5 Å². The molecule has 0 saturated heterocycles. The maximum Gasteiger partial charge on any atom is 0.0820 e. The van der Waals surface area contributed by atoms with Crippen molar-refractivity contribution >= 4 is 17.3 Å². The first-order valence-corrected chi connectivity index (χ1v) is 5.74. The molecule has 0 spiro atoms. The van der Waals surface area contributed by atoms with Crippen LogP contribution in [0.4, 0.5) is 5.69 Å². The minimum Gasteiger partial charge on any atom is -0.383 e. The lowest BCUT2D eigenvalue weighted by atomic mass is 10.0. The Labute approximate surface area is 95.0 Å². The van der Waals surface area contributed by atoms with Crippen LogP contribution in [-0.2, 0) is 0 Å². The number of aromatic nitrogens is 1. The molecule has 0 radical (unpaired) electrons.